The molecular weight excluding hydrogens is 478 g/mol. The van der Waals surface area contributed by atoms with Crippen LogP contribution in [0.3, 0.4) is 0 Å². The lowest BCUT2D eigenvalue weighted by Gasteiger charge is -2.71. The largest absolute Gasteiger partial charge is 0.370 e. The number of carbonyl (C=O) groups is 2. The van der Waals surface area contributed by atoms with Crippen LogP contribution in [0.4, 0.5) is 0 Å². The molecule has 0 amide bonds. The van der Waals surface area contributed by atoms with Gasteiger partial charge in [-0.3, -0.25) is 9.59 Å². The minimum absolute atomic E-state index is 0.00186. The van der Waals surface area contributed by atoms with Crippen molar-refractivity contribution in [2.75, 3.05) is 18.8 Å². The molecule has 9 atom stereocenters. The maximum atomic E-state index is 14.5. The van der Waals surface area contributed by atoms with E-state index in [1.54, 1.807) is 11.8 Å². The van der Waals surface area contributed by atoms with Gasteiger partial charge in [0, 0.05) is 18.3 Å². The zero-order chi connectivity index (χ0) is 27.0. The molecule has 0 aromatic rings. The Morgan fingerprint density at radius 1 is 1.03 bits per heavy atom. The number of thioether (sulfide) groups is 1. The van der Waals surface area contributed by atoms with Crippen LogP contribution in [0.5, 0.6) is 0 Å². The Kier molecular flexibility index (Phi) is 6.64. The van der Waals surface area contributed by atoms with Crippen molar-refractivity contribution >= 4 is 23.3 Å². The predicted octanol–water partition coefficient (Wildman–Crippen LogP) is 7.23. The summed E-state index contributed by atoms with van der Waals surface area (Å²) in [7, 11) is 0. The highest BCUT2D eigenvalue weighted by atomic mass is 32.2. The summed E-state index contributed by atoms with van der Waals surface area (Å²) in [6.45, 7) is 14.8. The molecule has 2 unspecified atom stereocenters. The average molecular weight is 526 g/mol. The van der Waals surface area contributed by atoms with Gasteiger partial charge in [0.25, 0.3) is 0 Å². The van der Waals surface area contributed by atoms with Gasteiger partial charge in [0.2, 0.25) is 0 Å². The molecule has 5 rings (SSSR count). The van der Waals surface area contributed by atoms with Gasteiger partial charge in [-0.15, -0.1) is 11.8 Å². The fourth-order valence-electron chi connectivity index (χ4n) is 10.6. The zero-order valence-electron chi connectivity index (χ0n) is 24.1. The van der Waals surface area contributed by atoms with E-state index in [2.05, 4.69) is 46.9 Å². The van der Waals surface area contributed by atoms with Crippen molar-refractivity contribution in [3.8, 4) is 6.07 Å². The molecule has 0 aromatic carbocycles. The molecule has 5 aliphatic rings. The van der Waals surface area contributed by atoms with E-state index in [0.29, 0.717) is 23.7 Å². The molecule has 0 radical (unpaired) electrons. The summed E-state index contributed by atoms with van der Waals surface area (Å²) >= 11 is 1.73. The van der Waals surface area contributed by atoms with Crippen molar-refractivity contribution < 1.29 is 14.3 Å². The Balaban J connectivity index is 1.58. The molecule has 4 saturated carbocycles. The van der Waals surface area contributed by atoms with Crippen LogP contribution in [-0.2, 0) is 14.3 Å². The number of carbonyl (C=O) groups excluding carboxylic acids is 2. The van der Waals surface area contributed by atoms with E-state index >= 15 is 0 Å². The summed E-state index contributed by atoms with van der Waals surface area (Å²) in [6, 6.07) is 2.21. The third-order valence-corrected chi connectivity index (χ3v) is 13.3. The van der Waals surface area contributed by atoms with Crippen molar-refractivity contribution in [2.45, 2.75) is 92.9 Å². The van der Waals surface area contributed by atoms with E-state index in [1.165, 1.54) is 6.42 Å². The van der Waals surface area contributed by atoms with E-state index in [9.17, 15) is 14.9 Å². The summed E-state index contributed by atoms with van der Waals surface area (Å²) < 4.78 is 6.24. The molecule has 0 heterocycles. The van der Waals surface area contributed by atoms with Gasteiger partial charge in [0.15, 0.2) is 5.78 Å². The predicted molar refractivity (Wildman–Crippen MR) is 149 cm³/mol. The lowest BCUT2D eigenvalue weighted by atomic mass is 9.32. The molecule has 0 saturated heterocycles. The van der Waals surface area contributed by atoms with Crippen molar-refractivity contribution in [3.63, 3.8) is 0 Å². The van der Waals surface area contributed by atoms with Crippen molar-refractivity contribution in [3.05, 3.63) is 11.6 Å². The smallest absolute Gasteiger partial charge is 0.176 e. The van der Waals surface area contributed by atoms with Crippen LogP contribution in [-0.4, -0.2) is 30.4 Å². The van der Waals surface area contributed by atoms with E-state index < -0.39 is 0 Å². The summed E-state index contributed by atoms with van der Waals surface area (Å²) in [5, 5.41) is 9.81. The SMILES string of the molecule is CSCOC[C@]12CCC(C)(C)CC1C1C(=O)C[C@@H]3[C@@]4(C)C=C(C#N)C(=O)[C@@H](C)[C@@H]4CC[C@@]3(C)[C@]1(C)CC2. The average Bonchev–Trinajstić information content (AvgIpc) is 2.83. The number of ketones is 2. The van der Waals surface area contributed by atoms with Gasteiger partial charge in [-0.2, -0.15) is 5.26 Å². The van der Waals surface area contributed by atoms with Crippen LogP contribution >= 0.6 is 11.8 Å². The van der Waals surface area contributed by atoms with Crippen LogP contribution in [0.25, 0.3) is 0 Å². The second-order valence-corrected chi connectivity index (χ2v) is 15.8. The summed E-state index contributed by atoms with van der Waals surface area (Å²) in [5.74, 6) is 1.82. The van der Waals surface area contributed by atoms with Crippen LogP contribution in [0.1, 0.15) is 92.9 Å². The molecule has 0 N–H and O–H groups in total. The molecule has 4 fully saturated rings. The quantitative estimate of drug-likeness (QED) is 0.286. The van der Waals surface area contributed by atoms with E-state index in [-0.39, 0.29) is 56.5 Å². The molecule has 0 aliphatic heterocycles. The molecular formula is C32H47NO3S. The molecule has 4 nitrogen and oxygen atoms in total. The first kappa shape index (κ1) is 27.4. The molecule has 0 aromatic heterocycles. The Labute approximate surface area is 228 Å². The van der Waals surface area contributed by atoms with Gasteiger partial charge in [-0.05, 0) is 96.0 Å². The van der Waals surface area contributed by atoms with E-state index in [1.807, 2.05) is 13.0 Å². The number of fused-ring (bicyclic) bond motifs is 7. The van der Waals surface area contributed by atoms with E-state index in [4.69, 9.17) is 4.74 Å². The minimum Gasteiger partial charge on any atom is -0.370 e. The topological polar surface area (TPSA) is 67.2 Å². The first-order valence-electron chi connectivity index (χ1n) is 14.6. The maximum Gasteiger partial charge on any atom is 0.176 e. The van der Waals surface area contributed by atoms with Crippen LogP contribution in [0, 0.1) is 68.0 Å². The zero-order valence-corrected chi connectivity index (χ0v) is 24.9. The van der Waals surface area contributed by atoms with Crippen LogP contribution in [0.2, 0.25) is 0 Å². The molecule has 37 heavy (non-hydrogen) atoms. The number of Topliss-reactive ketones (excluding diaryl/α,β-unsaturated/α-hetero) is 2. The monoisotopic (exact) mass is 525 g/mol. The Morgan fingerprint density at radius 3 is 2.41 bits per heavy atom. The fourth-order valence-corrected chi connectivity index (χ4v) is 10.9. The Bertz CT molecular complexity index is 1060. The van der Waals surface area contributed by atoms with Gasteiger partial charge in [-0.1, -0.05) is 47.6 Å². The highest BCUT2D eigenvalue weighted by Crippen LogP contribution is 2.75. The fraction of sp³-hybridized carbons (Fsp3) is 0.844. The lowest BCUT2D eigenvalue weighted by molar-refractivity contribution is -0.224. The van der Waals surface area contributed by atoms with Crippen LogP contribution in [0.15, 0.2) is 11.6 Å². The lowest BCUT2D eigenvalue weighted by Crippen LogP contribution is -2.68. The van der Waals surface area contributed by atoms with Gasteiger partial charge >= 0.3 is 0 Å². The standard InChI is InChI=1S/C32H47NO3S/c1-20-22-8-9-30(5)25(29(22,4)15-21(17-33)27(20)35)14-24(34)26-23-16-28(2,3)10-12-32(23,18-36-19-37-7)13-11-31(26,30)6/h15,20,22-23,25-26H,8-14,16,18-19H2,1-7H3/t20-,22-,23?,25+,26?,29-,30+,31+,32+/m0/s1. The van der Waals surface area contributed by atoms with Gasteiger partial charge in [0.1, 0.15) is 11.9 Å². The Hall–Kier alpha value is -1.12. The van der Waals surface area contributed by atoms with Gasteiger partial charge in [-0.25, -0.2) is 0 Å². The third kappa shape index (κ3) is 3.78. The highest BCUT2D eigenvalue weighted by molar-refractivity contribution is 7.98. The number of hydrogen-bond donors (Lipinski definition) is 0. The number of hydrogen-bond acceptors (Lipinski definition) is 5. The molecule has 5 aliphatic carbocycles. The number of allylic oxidation sites excluding steroid dienone is 2. The number of ether oxygens (including phenoxy) is 1. The maximum absolute atomic E-state index is 14.5. The minimum atomic E-state index is -0.295. The first-order chi connectivity index (χ1) is 17.3. The number of nitriles is 1. The molecule has 0 bridgehead atoms. The highest BCUT2D eigenvalue weighted by Gasteiger charge is 2.71. The third-order valence-electron chi connectivity index (χ3n) is 12.9. The number of nitrogens with zero attached hydrogens (tertiary/aromatic N) is 1. The Morgan fingerprint density at radius 2 is 1.73 bits per heavy atom. The van der Waals surface area contributed by atoms with Crippen molar-refractivity contribution in [2.24, 2.45) is 56.7 Å². The molecule has 204 valence electrons. The second kappa shape index (κ2) is 8.95. The number of rotatable bonds is 4. The molecule has 0 spiro atoms. The van der Waals surface area contributed by atoms with Gasteiger partial charge in [0.05, 0.1) is 18.1 Å². The summed E-state index contributed by atoms with van der Waals surface area (Å²) in [4.78, 5) is 27.4. The van der Waals surface area contributed by atoms with Crippen molar-refractivity contribution in [1.29, 1.82) is 5.26 Å². The normalized spacial score (nSPS) is 48.6. The van der Waals surface area contributed by atoms with Crippen LogP contribution < -0.4 is 0 Å². The summed E-state index contributed by atoms with van der Waals surface area (Å²) in [6.07, 6.45) is 12.4. The summed E-state index contributed by atoms with van der Waals surface area (Å²) in [5.41, 5.74) is 0.302. The molecule has 5 heteroatoms. The van der Waals surface area contributed by atoms with Gasteiger partial charge < -0.3 is 4.74 Å². The van der Waals surface area contributed by atoms with Crippen molar-refractivity contribution in [1.82, 2.24) is 0 Å². The van der Waals surface area contributed by atoms with E-state index in [0.717, 1.165) is 51.1 Å². The second-order valence-electron chi connectivity index (χ2n) is 15.0. The first-order valence-corrected chi connectivity index (χ1v) is 15.9.